The maximum absolute atomic E-state index is 11.7. The van der Waals surface area contributed by atoms with Crippen molar-refractivity contribution in [3.63, 3.8) is 0 Å². The van der Waals surface area contributed by atoms with Crippen molar-refractivity contribution in [2.75, 3.05) is 39.6 Å². The van der Waals surface area contributed by atoms with Crippen molar-refractivity contribution in [1.29, 1.82) is 0 Å². The second-order valence-corrected chi connectivity index (χ2v) is 6.70. The zero-order chi connectivity index (χ0) is 17.3. The van der Waals surface area contributed by atoms with Crippen LogP contribution in [0, 0.1) is 0 Å². The number of methoxy groups -OCH3 is 1. The third-order valence-electron chi connectivity index (χ3n) is 2.87. The van der Waals surface area contributed by atoms with Gasteiger partial charge in [-0.1, -0.05) is 6.08 Å². The van der Waals surface area contributed by atoms with Gasteiger partial charge in [0.15, 0.2) is 0 Å². The molecule has 0 aromatic heterocycles. The number of carbonyl (C=O) groups is 1. The van der Waals surface area contributed by atoms with E-state index in [9.17, 15) is 13.2 Å². The van der Waals surface area contributed by atoms with Gasteiger partial charge in [-0.05, 0) is 24.3 Å². The van der Waals surface area contributed by atoms with Crippen LogP contribution in [0.4, 0.5) is 0 Å². The Morgan fingerprint density at radius 2 is 1.91 bits per heavy atom. The molecular weight excluding hydrogens is 320 g/mol. The summed E-state index contributed by atoms with van der Waals surface area (Å²) in [5.74, 6) is 0.994. The minimum Gasteiger partial charge on any atom is -0.497 e. The number of hydrogen-bond acceptors (Lipinski definition) is 5. The van der Waals surface area contributed by atoms with Crippen LogP contribution in [0.2, 0.25) is 0 Å². The molecule has 0 fully saturated rings. The first kappa shape index (κ1) is 19.0. The lowest BCUT2D eigenvalue weighted by atomic mass is 10.3. The summed E-state index contributed by atoms with van der Waals surface area (Å²) >= 11 is 0. The number of hydrogen-bond donors (Lipinski definition) is 1. The number of benzene rings is 1. The number of sulfonamides is 1. The quantitative estimate of drug-likeness (QED) is 0.498. The van der Waals surface area contributed by atoms with E-state index in [1.54, 1.807) is 31.4 Å². The molecule has 0 spiro atoms. The van der Waals surface area contributed by atoms with Crippen molar-refractivity contribution in [3.05, 3.63) is 36.9 Å². The van der Waals surface area contributed by atoms with Crippen molar-refractivity contribution in [2.24, 2.45) is 0 Å². The molecule has 0 saturated carbocycles. The highest BCUT2D eigenvalue weighted by atomic mass is 32.2. The van der Waals surface area contributed by atoms with E-state index >= 15 is 0 Å². The molecular formula is C15H22N2O5S. The molecule has 1 rings (SSSR count). The van der Waals surface area contributed by atoms with Crippen LogP contribution < -0.4 is 14.8 Å². The second-order valence-electron chi connectivity index (χ2n) is 4.72. The average molecular weight is 342 g/mol. The van der Waals surface area contributed by atoms with E-state index in [1.165, 1.54) is 6.08 Å². The highest BCUT2D eigenvalue weighted by Crippen LogP contribution is 2.16. The molecule has 0 radical (unpaired) electrons. The molecule has 1 amide bonds. The Morgan fingerprint density at radius 3 is 2.43 bits per heavy atom. The molecule has 1 N–H and O–H groups in total. The van der Waals surface area contributed by atoms with Gasteiger partial charge in [0.05, 0.1) is 26.5 Å². The average Bonchev–Trinajstić information content (AvgIpc) is 2.51. The van der Waals surface area contributed by atoms with Gasteiger partial charge in [0, 0.05) is 6.54 Å². The van der Waals surface area contributed by atoms with Gasteiger partial charge in [-0.2, -0.15) is 4.31 Å². The van der Waals surface area contributed by atoms with Gasteiger partial charge in [-0.15, -0.1) is 6.58 Å². The fraction of sp³-hybridized carbons (Fsp3) is 0.400. The summed E-state index contributed by atoms with van der Waals surface area (Å²) in [6.45, 7) is 3.88. The van der Waals surface area contributed by atoms with Crippen LogP contribution >= 0.6 is 0 Å². The lowest BCUT2D eigenvalue weighted by Gasteiger charge is -2.17. The molecule has 0 unspecified atom stereocenters. The number of amides is 1. The smallest absolute Gasteiger partial charge is 0.235 e. The van der Waals surface area contributed by atoms with E-state index in [0.717, 1.165) is 16.3 Å². The van der Waals surface area contributed by atoms with Gasteiger partial charge >= 0.3 is 0 Å². The maximum Gasteiger partial charge on any atom is 0.235 e. The molecule has 7 nitrogen and oxygen atoms in total. The van der Waals surface area contributed by atoms with Crippen LogP contribution in [0.3, 0.4) is 0 Å². The Bertz CT molecular complexity index is 613. The van der Waals surface area contributed by atoms with Crippen LogP contribution in [0.25, 0.3) is 0 Å². The largest absolute Gasteiger partial charge is 0.497 e. The first-order valence-electron chi connectivity index (χ1n) is 6.96. The molecule has 128 valence electrons. The van der Waals surface area contributed by atoms with Crippen LogP contribution in [-0.4, -0.2) is 58.2 Å². The van der Waals surface area contributed by atoms with Gasteiger partial charge < -0.3 is 14.8 Å². The molecule has 23 heavy (non-hydrogen) atoms. The van der Waals surface area contributed by atoms with Gasteiger partial charge in [-0.3, -0.25) is 4.79 Å². The molecule has 1 aromatic rings. The first-order chi connectivity index (χ1) is 10.9. The molecule has 0 aliphatic rings. The van der Waals surface area contributed by atoms with Crippen molar-refractivity contribution < 1.29 is 22.7 Å². The van der Waals surface area contributed by atoms with Crippen LogP contribution in [0.1, 0.15) is 0 Å². The summed E-state index contributed by atoms with van der Waals surface area (Å²) in [6.07, 6.45) is 2.48. The van der Waals surface area contributed by atoms with Crippen molar-refractivity contribution >= 4 is 15.9 Å². The van der Waals surface area contributed by atoms with E-state index in [4.69, 9.17) is 9.47 Å². The lowest BCUT2D eigenvalue weighted by molar-refractivity contribution is -0.121. The maximum atomic E-state index is 11.7. The molecule has 0 aliphatic carbocycles. The Morgan fingerprint density at radius 1 is 1.30 bits per heavy atom. The summed E-state index contributed by atoms with van der Waals surface area (Å²) in [4.78, 5) is 11.7. The highest BCUT2D eigenvalue weighted by Gasteiger charge is 2.18. The predicted molar refractivity (Wildman–Crippen MR) is 88.1 cm³/mol. The van der Waals surface area contributed by atoms with Gasteiger partial charge in [0.25, 0.3) is 0 Å². The Labute approximate surface area is 136 Å². The zero-order valence-electron chi connectivity index (χ0n) is 13.3. The monoisotopic (exact) mass is 342 g/mol. The van der Waals surface area contributed by atoms with Gasteiger partial charge in [-0.25, -0.2) is 8.42 Å². The normalized spacial score (nSPS) is 11.1. The number of rotatable bonds is 10. The zero-order valence-corrected chi connectivity index (χ0v) is 14.1. The minimum atomic E-state index is -3.44. The summed E-state index contributed by atoms with van der Waals surface area (Å²) < 4.78 is 34.5. The first-order valence-corrected chi connectivity index (χ1v) is 8.81. The van der Waals surface area contributed by atoms with Crippen LogP contribution in [0.5, 0.6) is 11.5 Å². The topological polar surface area (TPSA) is 84.9 Å². The van der Waals surface area contributed by atoms with E-state index in [2.05, 4.69) is 11.9 Å². The molecule has 8 heteroatoms. The van der Waals surface area contributed by atoms with Crippen molar-refractivity contribution in [3.8, 4) is 11.5 Å². The molecule has 0 bridgehead atoms. The summed E-state index contributed by atoms with van der Waals surface area (Å²) in [5, 5.41) is 2.61. The molecule has 0 atom stereocenters. The lowest BCUT2D eigenvalue weighted by Crippen LogP contribution is -2.41. The predicted octanol–water partition coefficient (Wildman–Crippen LogP) is 0.638. The third-order valence-corrected chi connectivity index (χ3v) is 4.09. The molecule has 0 saturated heterocycles. The number of nitrogens with zero attached hydrogens (tertiary/aromatic N) is 1. The fourth-order valence-electron chi connectivity index (χ4n) is 1.71. The van der Waals surface area contributed by atoms with Crippen LogP contribution in [0.15, 0.2) is 36.9 Å². The summed E-state index contributed by atoms with van der Waals surface area (Å²) in [5.41, 5.74) is 0. The SMILES string of the molecule is C=CCN(CC(=O)NCCOc1ccc(OC)cc1)S(C)(=O)=O. The molecule has 0 heterocycles. The van der Waals surface area contributed by atoms with E-state index < -0.39 is 15.9 Å². The van der Waals surface area contributed by atoms with E-state index in [0.29, 0.717) is 5.75 Å². The van der Waals surface area contributed by atoms with Gasteiger partial charge in [0.1, 0.15) is 18.1 Å². The number of ether oxygens (including phenoxy) is 2. The summed E-state index contributed by atoms with van der Waals surface area (Å²) in [6, 6.07) is 7.06. The second kappa shape index (κ2) is 9.16. The van der Waals surface area contributed by atoms with Crippen LogP contribution in [-0.2, 0) is 14.8 Å². The molecule has 1 aromatic carbocycles. The minimum absolute atomic E-state index is 0.0919. The summed E-state index contributed by atoms with van der Waals surface area (Å²) in [7, 11) is -1.86. The van der Waals surface area contributed by atoms with E-state index in [-0.39, 0.29) is 26.2 Å². The standard InChI is InChI=1S/C15H22N2O5S/c1-4-10-17(23(3,19)20)12-15(18)16-9-11-22-14-7-5-13(21-2)6-8-14/h4-8H,1,9-12H2,2-3H3,(H,16,18). The Kier molecular flexibility index (Phi) is 7.56. The van der Waals surface area contributed by atoms with E-state index in [1.807, 2.05) is 0 Å². The number of nitrogens with one attached hydrogen (secondary N) is 1. The third kappa shape index (κ3) is 7.16. The molecule has 0 aliphatic heterocycles. The van der Waals surface area contributed by atoms with Gasteiger partial charge in [0.2, 0.25) is 15.9 Å². The van der Waals surface area contributed by atoms with Crippen molar-refractivity contribution in [2.45, 2.75) is 0 Å². The highest BCUT2D eigenvalue weighted by molar-refractivity contribution is 7.88. The number of carbonyl (C=O) groups excluding carboxylic acids is 1. The van der Waals surface area contributed by atoms with Crippen molar-refractivity contribution in [1.82, 2.24) is 9.62 Å². The fourth-order valence-corrected chi connectivity index (χ4v) is 2.44. The Hall–Kier alpha value is -2.06. The Balaban J connectivity index is 2.34.